The first-order valence-electron chi connectivity index (χ1n) is 8.53. The van der Waals surface area contributed by atoms with Crippen molar-refractivity contribution < 1.29 is 9.53 Å². The number of nitrogens with one attached hydrogen (secondary N) is 1. The van der Waals surface area contributed by atoms with Crippen molar-refractivity contribution >= 4 is 16.7 Å². The van der Waals surface area contributed by atoms with Crippen molar-refractivity contribution in [3.8, 4) is 5.75 Å². The summed E-state index contributed by atoms with van der Waals surface area (Å²) in [6.45, 7) is 6.35. The molecule has 0 fully saturated rings. The van der Waals surface area contributed by atoms with E-state index in [0.717, 1.165) is 22.3 Å². The van der Waals surface area contributed by atoms with Crippen molar-refractivity contribution in [3.05, 3.63) is 77.4 Å². The fourth-order valence-corrected chi connectivity index (χ4v) is 2.82. The Morgan fingerprint density at radius 2 is 1.76 bits per heavy atom. The van der Waals surface area contributed by atoms with E-state index in [1.54, 1.807) is 6.92 Å². The van der Waals surface area contributed by atoms with E-state index in [-0.39, 0.29) is 5.91 Å². The van der Waals surface area contributed by atoms with Gasteiger partial charge in [0, 0.05) is 6.54 Å². The molecule has 25 heavy (non-hydrogen) atoms. The van der Waals surface area contributed by atoms with Crippen LogP contribution >= 0.6 is 0 Å². The molecule has 3 rings (SSSR count). The normalized spacial score (nSPS) is 12.0. The molecule has 3 aromatic carbocycles. The van der Waals surface area contributed by atoms with Crippen molar-refractivity contribution in [2.24, 2.45) is 0 Å². The molecule has 0 radical (unpaired) electrons. The van der Waals surface area contributed by atoms with Gasteiger partial charge in [-0.05, 0) is 60.4 Å². The van der Waals surface area contributed by atoms with E-state index in [2.05, 4.69) is 30.4 Å². The summed E-state index contributed by atoms with van der Waals surface area (Å²) in [5.74, 6) is 0.599. The topological polar surface area (TPSA) is 38.3 Å². The van der Waals surface area contributed by atoms with Crippen LogP contribution in [0.15, 0.2) is 60.7 Å². The van der Waals surface area contributed by atoms with Crippen LogP contribution in [-0.2, 0) is 11.3 Å². The molecule has 1 amide bonds. The highest BCUT2D eigenvalue weighted by Gasteiger charge is 2.15. The molecule has 0 unspecified atom stereocenters. The quantitative estimate of drug-likeness (QED) is 0.744. The van der Waals surface area contributed by atoms with E-state index in [1.807, 2.05) is 49.4 Å². The molecular weight excluding hydrogens is 310 g/mol. The van der Waals surface area contributed by atoms with Gasteiger partial charge in [0.15, 0.2) is 6.10 Å². The van der Waals surface area contributed by atoms with E-state index < -0.39 is 6.10 Å². The minimum absolute atomic E-state index is 0.119. The largest absolute Gasteiger partial charge is 0.481 e. The van der Waals surface area contributed by atoms with Gasteiger partial charge < -0.3 is 10.1 Å². The van der Waals surface area contributed by atoms with Gasteiger partial charge in [0.2, 0.25) is 0 Å². The molecule has 0 aliphatic carbocycles. The zero-order valence-electron chi connectivity index (χ0n) is 14.9. The summed E-state index contributed by atoms with van der Waals surface area (Å²) in [5.41, 5.74) is 3.46. The highest BCUT2D eigenvalue weighted by Crippen LogP contribution is 2.19. The Morgan fingerprint density at radius 3 is 2.56 bits per heavy atom. The molecule has 0 aliphatic heterocycles. The summed E-state index contributed by atoms with van der Waals surface area (Å²) in [5, 5.41) is 5.31. The first kappa shape index (κ1) is 17.0. The number of hydrogen-bond donors (Lipinski definition) is 1. The average molecular weight is 333 g/mol. The molecule has 3 nitrogen and oxygen atoms in total. The van der Waals surface area contributed by atoms with Gasteiger partial charge in [-0.1, -0.05) is 48.5 Å². The molecular formula is C22H23NO2. The van der Waals surface area contributed by atoms with Crippen LogP contribution < -0.4 is 10.1 Å². The van der Waals surface area contributed by atoms with Crippen LogP contribution in [0.2, 0.25) is 0 Å². The molecule has 0 heterocycles. The lowest BCUT2D eigenvalue weighted by molar-refractivity contribution is -0.127. The number of ether oxygens (including phenoxy) is 1. The molecule has 128 valence electrons. The minimum Gasteiger partial charge on any atom is -0.481 e. The highest BCUT2D eigenvalue weighted by atomic mass is 16.5. The second-order valence-corrected chi connectivity index (χ2v) is 6.36. The maximum atomic E-state index is 12.4. The Hall–Kier alpha value is -2.81. The lowest BCUT2D eigenvalue weighted by Crippen LogP contribution is -2.35. The summed E-state index contributed by atoms with van der Waals surface area (Å²) in [6.07, 6.45) is -0.544. The lowest BCUT2D eigenvalue weighted by Gasteiger charge is -2.16. The fourth-order valence-electron chi connectivity index (χ4n) is 2.82. The molecule has 0 saturated heterocycles. The maximum absolute atomic E-state index is 12.4. The van der Waals surface area contributed by atoms with E-state index in [9.17, 15) is 4.79 Å². The SMILES string of the molecule is Cc1ccc(O[C@@H](C)C(=O)NCc2cccc3ccccc23)cc1C. The third-order valence-corrected chi connectivity index (χ3v) is 4.49. The second kappa shape index (κ2) is 7.39. The first-order valence-corrected chi connectivity index (χ1v) is 8.53. The zero-order chi connectivity index (χ0) is 17.8. The minimum atomic E-state index is -0.544. The van der Waals surface area contributed by atoms with Gasteiger partial charge in [0.1, 0.15) is 5.75 Å². The second-order valence-electron chi connectivity index (χ2n) is 6.36. The van der Waals surface area contributed by atoms with Gasteiger partial charge in [-0.15, -0.1) is 0 Å². The number of carbonyl (C=O) groups is 1. The van der Waals surface area contributed by atoms with Gasteiger partial charge in [-0.2, -0.15) is 0 Å². The molecule has 1 N–H and O–H groups in total. The number of rotatable bonds is 5. The van der Waals surface area contributed by atoms with Crippen LogP contribution in [-0.4, -0.2) is 12.0 Å². The van der Waals surface area contributed by atoms with Crippen LogP contribution in [0.4, 0.5) is 0 Å². The van der Waals surface area contributed by atoms with Crippen molar-refractivity contribution in [1.29, 1.82) is 0 Å². The number of benzene rings is 3. The van der Waals surface area contributed by atoms with E-state index in [0.29, 0.717) is 6.54 Å². The molecule has 1 atom stereocenters. The smallest absolute Gasteiger partial charge is 0.261 e. The molecule has 0 saturated carbocycles. The van der Waals surface area contributed by atoms with Gasteiger partial charge in [-0.3, -0.25) is 4.79 Å². The van der Waals surface area contributed by atoms with E-state index >= 15 is 0 Å². The van der Waals surface area contributed by atoms with Crippen molar-refractivity contribution in [3.63, 3.8) is 0 Å². The predicted molar refractivity (Wildman–Crippen MR) is 102 cm³/mol. The Balaban J connectivity index is 1.64. The number of amides is 1. The van der Waals surface area contributed by atoms with Gasteiger partial charge in [0.25, 0.3) is 5.91 Å². The van der Waals surface area contributed by atoms with Crippen molar-refractivity contribution in [2.75, 3.05) is 0 Å². The third-order valence-electron chi connectivity index (χ3n) is 4.49. The summed E-state index contributed by atoms with van der Waals surface area (Å²) >= 11 is 0. The Bertz CT molecular complexity index is 896. The van der Waals surface area contributed by atoms with Crippen molar-refractivity contribution in [1.82, 2.24) is 5.32 Å². The fraction of sp³-hybridized carbons (Fsp3) is 0.227. The van der Waals surface area contributed by atoms with Crippen molar-refractivity contribution in [2.45, 2.75) is 33.4 Å². The van der Waals surface area contributed by atoms with Crippen LogP contribution in [0.25, 0.3) is 10.8 Å². The summed E-state index contributed by atoms with van der Waals surface area (Å²) in [4.78, 5) is 12.4. The maximum Gasteiger partial charge on any atom is 0.261 e. The molecule has 0 spiro atoms. The molecule has 0 aliphatic rings. The van der Waals surface area contributed by atoms with Crippen LogP contribution in [0.5, 0.6) is 5.75 Å². The van der Waals surface area contributed by atoms with E-state index in [4.69, 9.17) is 4.74 Å². The number of carbonyl (C=O) groups excluding carboxylic acids is 1. The molecule has 0 bridgehead atoms. The van der Waals surface area contributed by atoms with Gasteiger partial charge in [-0.25, -0.2) is 0 Å². The van der Waals surface area contributed by atoms with Gasteiger partial charge >= 0.3 is 0 Å². The zero-order valence-corrected chi connectivity index (χ0v) is 14.9. The highest BCUT2D eigenvalue weighted by molar-refractivity contribution is 5.86. The summed E-state index contributed by atoms with van der Waals surface area (Å²) in [7, 11) is 0. The first-order chi connectivity index (χ1) is 12.0. The Labute approximate surface area is 148 Å². The molecule has 3 heteroatoms. The lowest BCUT2D eigenvalue weighted by atomic mass is 10.0. The molecule has 3 aromatic rings. The Kier molecular flexibility index (Phi) is 5.03. The van der Waals surface area contributed by atoms with Crippen LogP contribution in [0.1, 0.15) is 23.6 Å². The summed E-state index contributed by atoms with van der Waals surface area (Å²) in [6, 6.07) is 20.2. The van der Waals surface area contributed by atoms with Gasteiger partial charge in [0.05, 0.1) is 0 Å². The number of hydrogen-bond acceptors (Lipinski definition) is 2. The summed E-state index contributed by atoms with van der Waals surface area (Å²) < 4.78 is 5.78. The predicted octanol–water partition coefficient (Wildman–Crippen LogP) is 4.54. The standard InChI is InChI=1S/C22H23NO2/c1-15-11-12-20(13-16(15)2)25-17(3)22(24)23-14-19-9-6-8-18-7-4-5-10-21(18)19/h4-13,17H,14H2,1-3H3,(H,23,24)/t17-/m0/s1. The van der Waals surface area contributed by atoms with Crippen LogP contribution in [0.3, 0.4) is 0 Å². The monoisotopic (exact) mass is 333 g/mol. The Morgan fingerprint density at radius 1 is 1.00 bits per heavy atom. The third kappa shape index (κ3) is 4.00. The number of aryl methyl sites for hydroxylation is 2. The molecule has 0 aromatic heterocycles. The number of fused-ring (bicyclic) bond motifs is 1. The van der Waals surface area contributed by atoms with Crippen LogP contribution in [0, 0.1) is 13.8 Å². The average Bonchev–Trinajstić information content (AvgIpc) is 2.62. The van der Waals surface area contributed by atoms with E-state index in [1.165, 1.54) is 10.9 Å².